The zero-order chi connectivity index (χ0) is 23.2. The second-order valence-electron chi connectivity index (χ2n) is 7.17. The quantitative estimate of drug-likeness (QED) is 0.313. The molecule has 1 amide bonds. The third-order valence-electron chi connectivity index (χ3n) is 5.02. The second-order valence-corrected chi connectivity index (χ2v) is 7.17. The molecule has 0 atom stereocenters. The molecule has 4 rings (SSSR count). The smallest absolute Gasteiger partial charge is 0.260 e. The van der Waals surface area contributed by atoms with Gasteiger partial charge in [0, 0.05) is 30.6 Å². The molecule has 166 valence electrons. The summed E-state index contributed by atoms with van der Waals surface area (Å²) in [6.45, 7) is 0.528. The first-order valence-corrected chi connectivity index (χ1v) is 10.2. The van der Waals surface area contributed by atoms with Gasteiger partial charge in [-0.25, -0.2) is 9.37 Å². The lowest BCUT2D eigenvalue weighted by Crippen LogP contribution is -2.31. The minimum absolute atomic E-state index is 0.0445. The van der Waals surface area contributed by atoms with Gasteiger partial charge in [0.05, 0.1) is 11.9 Å². The largest absolute Gasteiger partial charge is 0.489 e. The minimum Gasteiger partial charge on any atom is -0.489 e. The van der Waals surface area contributed by atoms with Crippen LogP contribution in [-0.2, 0) is 0 Å². The van der Waals surface area contributed by atoms with E-state index in [0.717, 1.165) is 6.34 Å². The third kappa shape index (κ3) is 4.93. The van der Waals surface area contributed by atoms with Crippen molar-refractivity contribution in [3.8, 4) is 16.9 Å². The maximum atomic E-state index is 14.9. The number of nitrogens with one attached hydrogen (secondary N) is 3. The fourth-order valence-electron chi connectivity index (χ4n) is 3.35. The summed E-state index contributed by atoms with van der Waals surface area (Å²) in [5.41, 5.74) is 1.28. The molecule has 1 aliphatic heterocycles. The maximum absolute atomic E-state index is 14.9. The van der Waals surface area contributed by atoms with Gasteiger partial charge in [0.25, 0.3) is 5.91 Å². The van der Waals surface area contributed by atoms with E-state index in [9.17, 15) is 9.18 Å². The number of hydrogen-bond donors (Lipinski definition) is 3. The Bertz CT molecular complexity index is 1230. The monoisotopic (exact) mass is 444 g/mol. The van der Waals surface area contributed by atoms with E-state index in [0.29, 0.717) is 24.2 Å². The molecule has 0 saturated heterocycles. The first-order chi connectivity index (χ1) is 16.1. The summed E-state index contributed by atoms with van der Waals surface area (Å²) in [5, 5.41) is 18.7. The molecular weight excluding hydrogens is 423 g/mol. The molecule has 0 saturated carbocycles. The standard InChI is InChI=1S/C24H21FN6O2/c25-19-14-21-18(13-17(19)16-7-9-28-10-8-16)24(32)30-22-6-4-5-20(29-22)23(27)31(15-26)11-2-1-3-12-33-21/h1,3-10,13-15,26-27H,2,11-12H2,(H,29,30,32)/b3-1-,26-15?,27-23?. The summed E-state index contributed by atoms with van der Waals surface area (Å²) < 4.78 is 20.6. The van der Waals surface area contributed by atoms with Crippen molar-refractivity contribution in [3.63, 3.8) is 0 Å². The number of rotatable bonds is 2. The lowest BCUT2D eigenvalue weighted by molar-refractivity contribution is 0.102. The number of ether oxygens (including phenoxy) is 1. The lowest BCUT2D eigenvalue weighted by atomic mass is 10.0. The zero-order valence-corrected chi connectivity index (χ0v) is 17.6. The van der Waals surface area contributed by atoms with Crippen LogP contribution in [-0.4, -0.2) is 46.1 Å². The molecule has 2 aromatic heterocycles. The molecule has 0 fully saturated rings. The molecule has 1 aliphatic rings. The number of fused-ring (bicyclic) bond motifs is 3. The van der Waals surface area contributed by atoms with E-state index in [2.05, 4.69) is 15.3 Å². The molecule has 0 spiro atoms. The fourth-order valence-corrected chi connectivity index (χ4v) is 3.35. The summed E-state index contributed by atoms with van der Waals surface area (Å²) in [5.74, 6) is -0.680. The van der Waals surface area contributed by atoms with E-state index < -0.39 is 11.7 Å². The van der Waals surface area contributed by atoms with Crippen LogP contribution in [0.15, 0.2) is 67.0 Å². The van der Waals surface area contributed by atoms with Crippen LogP contribution in [0.3, 0.4) is 0 Å². The average molecular weight is 444 g/mol. The Hall–Kier alpha value is -4.40. The number of carbonyl (C=O) groups is 1. The van der Waals surface area contributed by atoms with Crippen LogP contribution in [0, 0.1) is 16.6 Å². The van der Waals surface area contributed by atoms with Crippen LogP contribution in [0.4, 0.5) is 10.2 Å². The normalized spacial score (nSPS) is 15.4. The Balaban J connectivity index is 1.77. The highest BCUT2D eigenvalue weighted by molar-refractivity contribution is 6.07. The van der Waals surface area contributed by atoms with Crippen molar-refractivity contribution >= 4 is 23.9 Å². The Morgan fingerprint density at radius 2 is 1.94 bits per heavy atom. The van der Waals surface area contributed by atoms with Crippen molar-refractivity contribution < 1.29 is 13.9 Å². The summed E-state index contributed by atoms with van der Waals surface area (Å²) in [6.07, 6.45) is 8.31. The van der Waals surface area contributed by atoms with Gasteiger partial charge in [0.1, 0.15) is 29.7 Å². The molecule has 8 nitrogen and oxygen atoms in total. The van der Waals surface area contributed by atoms with Crippen LogP contribution >= 0.6 is 0 Å². The molecule has 1 aromatic carbocycles. The second kappa shape index (κ2) is 9.82. The van der Waals surface area contributed by atoms with E-state index in [4.69, 9.17) is 15.6 Å². The van der Waals surface area contributed by atoms with E-state index in [1.165, 1.54) is 17.0 Å². The SMILES string of the molecule is N=CN1CC/C=C\COc2cc(F)c(-c3ccncc3)cc2C(=O)Nc2cccc(n2)C1=N. The Morgan fingerprint density at radius 1 is 1.12 bits per heavy atom. The van der Waals surface area contributed by atoms with E-state index in [1.807, 2.05) is 6.08 Å². The highest BCUT2D eigenvalue weighted by Crippen LogP contribution is 2.30. The topological polar surface area (TPSA) is 115 Å². The summed E-state index contributed by atoms with van der Waals surface area (Å²) in [6, 6.07) is 10.9. The van der Waals surface area contributed by atoms with Crippen molar-refractivity contribution in [3.05, 3.63) is 84.1 Å². The predicted molar refractivity (Wildman–Crippen MR) is 123 cm³/mol. The minimum atomic E-state index is -0.528. The molecular formula is C24H21FN6O2. The number of hydrogen-bond acceptors (Lipinski definition) is 6. The summed E-state index contributed by atoms with van der Waals surface area (Å²) >= 11 is 0. The molecule has 0 aliphatic carbocycles. The van der Waals surface area contributed by atoms with E-state index in [-0.39, 0.29) is 35.1 Å². The van der Waals surface area contributed by atoms with Gasteiger partial charge in [-0.1, -0.05) is 18.2 Å². The van der Waals surface area contributed by atoms with E-state index >= 15 is 0 Å². The predicted octanol–water partition coefficient (Wildman–Crippen LogP) is 4.11. The van der Waals surface area contributed by atoms with Gasteiger partial charge < -0.3 is 15.0 Å². The van der Waals surface area contributed by atoms with Gasteiger partial charge >= 0.3 is 0 Å². The summed E-state index contributed by atoms with van der Waals surface area (Å²) in [7, 11) is 0. The Labute approximate surface area is 189 Å². The van der Waals surface area contributed by atoms with Crippen LogP contribution in [0.2, 0.25) is 0 Å². The van der Waals surface area contributed by atoms with Gasteiger partial charge in [-0.3, -0.25) is 20.6 Å². The fraction of sp³-hybridized carbons (Fsp3) is 0.125. The molecule has 3 heterocycles. The number of aromatic nitrogens is 2. The van der Waals surface area contributed by atoms with Crippen molar-refractivity contribution in [2.45, 2.75) is 6.42 Å². The Kier molecular flexibility index (Phi) is 6.49. The number of pyridine rings is 2. The van der Waals surface area contributed by atoms with Crippen molar-refractivity contribution in [1.29, 1.82) is 10.8 Å². The van der Waals surface area contributed by atoms with Crippen LogP contribution < -0.4 is 10.1 Å². The molecule has 0 radical (unpaired) electrons. The number of halogens is 1. The zero-order valence-electron chi connectivity index (χ0n) is 17.6. The first kappa shape index (κ1) is 21.8. The van der Waals surface area contributed by atoms with Crippen molar-refractivity contribution in [2.24, 2.45) is 0 Å². The number of amides is 1. The molecule has 33 heavy (non-hydrogen) atoms. The molecule has 3 aromatic rings. The first-order valence-electron chi connectivity index (χ1n) is 10.2. The number of amidine groups is 1. The molecule has 3 N–H and O–H groups in total. The number of carbonyl (C=O) groups excluding carboxylic acids is 1. The van der Waals surface area contributed by atoms with Gasteiger partial charge in [0.15, 0.2) is 5.84 Å². The van der Waals surface area contributed by atoms with Gasteiger partial charge in [-0.05, 0) is 42.3 Å². The van der Waals surface area contributed by atoms with Crippen molar-refractivity contribution in [1.82, 2.24) is 14.9 Å². The Morgan fingerprint density at radius 3 is 2.73 bits per heavy atom. The average Bonchev–Trinajstić information content (AvgIpc) is 2.83. The summed E-state index contributed by atoms with van der Waals surface area (Å²) in [4.78, 5) is 22.9. The number of anilines is 1. The number of benzene rings is 1. The number of nitrogens with zero attached hydrogens (tertiary/aromatic N) is 3. The maximum Gasteiger partial charge on any atom is 0.260 e. The third-order valence-corrected chi connectivity index (χ3v) is 5.02. The van der Waals surface area contributed by atoms with Crippen LogP contribution in [0.1, 0.15) is 22.5 Å². The molecule has 9 heteroatoms. The lowest BCUT2D eigenvalue weighted by Gasteiger charge is -2.18. The van der Waals surface area contributed by atoms with Crippen LogP contribution in [0.25, 0.3) is 11.1 Å². The van der Waals surface area contributed by atoms with Gasteiger partial charge in [-0.15, -0.1) is 0 Å². The van der Waals surface area contributed by atoms with E-state index in [1.54, 1.807) is 48.8 Å². The van der Waals surface area contributed by atoms with Gasteiger partial charge in [0.2, 0.25) is 0 Å². The van der Waals surface area contributed by atoms with Gasteiger partial charge in [-0.2, -0.15) is 0 Å². The van der Waals surface area contributed by atoms with Crippen molar-refractivity contribution in [2.75, 3.05) is 18.5 Å². The highest BCUT2D eigenvalue weighted by Gasteiger charge is 2.20. The van der Waals surface area contributed by atoms with Crippen LogP contribution in [0.5, 0.6) is 5.75 Å². The molecule has 0 unspecified atom stereocenters. The molecule has 2 bridgehead atoms. The highest BCUT2D eigenvalue weighted by atomic mass is 19.1.